The predicted octanol–water partition coefficient (Wildman–Crippen LogP) is -0.825. The van der Waals surface area contributed by atoms with Gasteiger partial charge in [-0.25, -0.2) is 4.79 Å². The second-order valence-corrected chi connectivity index (χ2v) is 4.70. The summed E-state index contributed by atoms with van der Waals surface area (Å²) in [5.74, 6) is -0.165. The van der Waals surface area contributed by atoms with Gasteiger partial charge >= 0.3 is 5.97 Å². The Kier molecular flexibility index (Phi) is 2.17. The molecule has 1 aliphatic heterocycles. The molecule has 1 rings (SSSR count). The predicted molar refractivity (Wildman–Crippen MR) is 39.9 cm³/mol. The van der Waals surface area contributed by atoms with Gasteiger partial charge in [0, 0.05) is 5.75 Å². The van der Waals surface area contributed by atoms with E-state index in [2.05, 4.69) is 4.99 Å². The molecule has 0 amide bonds. The summed E-state index contributed by atoms with van der Waals surface area (Å²) in [6, 6.07) is -0.456. The number of rotatable bonds is 1. The molecule has 1 atom stereocenters. The molecular formula is C4H6AlNO2S. The molecular weight excluding hydrogens is 153 g/mol. The van der Waals surface area contributed by atoms with Gasteiger partial charge < -0.3 is 5.11 Å². The number of hydrogen-bond acceptors (Lipinski definition) is 3. The third-order valence-electron chi connectivity index (χ3n) is 1.07. The van der Waals surface area contributed by atoms with Crippen molar-refractivity contribution in [1.82, 2.24) is 0 Å². The maximum atomic E-state index is 10.2. The van der Waals surface area contributed by atoms with Gasteiger partial charge in [-0.15, -0.1) is 11.8 Å². The van der Waals surface area contributed by atoms with Crippen LogP contribution in [0.3, 0.4) is 0 Å². The van der Waals surface area contributed by atoms with Crippen LogP contribution in [0.4, 0.5) is 0 Å². The second-order valence-electron chi connectivity index (χ2n) is 1.81. The third kappa shape index (κ3) is 1.72. The Hall–Kier alpha value is 0.0225. The van der Waals surface area contributed by atoms with Crippen molar-refractivity contribution in [3.05, 3.63) is 0 Å². The van der Waals surface area contributed by atoms with Gasteiger partial charge in [0.2, 0.25) is 0 Å². The summed E-state index contributed by atoms with van der Waals surface area (Å²) in [5, 5.41) is 8.43. The van der Waals surface area contributed by atoms with Crippen LogP contribution < -0.4 is 0 Å². The minimum absolute atomic E-state index is 0.456. The second kappa shape index (κ2) is 2.74. The van der Waals surface area contributed by atoms with Crippen LogP contribution in [0, 0.1) is 0 Å². The van der Waals surface area contributed by atoms with E-state index in [4.69, 9.17) is 5.11 Å². The summed E-state index contributed by atoms with van der Waals surface area (Å²) in [6.45, 7) is 0. The molecule has 0 fully saturated rings. The Labute approximate surface area is 65.0 Å². The van der Waals surface area contributed by atoms with E-state index < -0.39 is 12.0 Å². The van der Waals surface area contributed by atoms with Crippen molar-refractivity contribution in [2.45, 2.75) is 6.04 Å². The van der Waals surface area contributed by atoms with E-state index in [0.29, 0.717) is 5.75 Å². The first-order valence-electron chi connectivity index (χ1n) is 2.60. The molecule has 1 unspecified atom stereocenters. The standard InChI is InChI=1S/C4H4NO2S.Al.2H/c6-4(7)3-1-8-2-5-3;;;/h3H,1H2,(H,6,7);;;. The van der Waals surface area contributed by atoms with Crippen molar-refractivity contribution in [1.29, 1.82) is 0 Å². The fraction of sp³-hybridized carbons (Fsp3) is 0.500. The van der Waals surface area contributed by atoms with Gasteiger partial charge in [0.1, 0.15) is 0 Å². The number of carbonyl (C=O) groups is 1. The molecule has 0 radical (unpaired) electrons. The monoisotopic (exact) mass is 159 g/mol. The highest BCUT2D eigenvalue weighted by Crippen LogP contribution is 2.15. The number of hydrogen-bond donors (Lipinski definition) is 1. The van der Waals surface area contributed by atoms with E-state index in [1.165, 1.54) is 0 Å². The zero-order chi connectivity index (χ0) is 6.85. The summed E-state index contributed by atoms with van der Waals surface area (Å²) in [7, 11) is 0. The number of aliphatic carboxylic acids is 1. The molecule has 1 heterocycles. The Morgan fingerprint density at radius 1 is 2.00 bits per heavy atom. The molecule has 1 aliphatic rings. The van der Waals surface area contributed by atoms with E-state index in [0.717, 1.165) is 20.2 Å². The number of nitrogens with zero attached hydrogens (tertiary/aromatic N) is 1. The number of carboxylic acid groups (broad SMARTS) is 1. The van der Waals surface area contributed by atoms with Gasteiger partial charge in [0.25, 0.3) is 16.3 Å². The largest absolute Gasteiger partial charge is 0.480 e. The third-order valence-corrected chi connectivity index (χ3v) is 3.20. The van der Waals surface area contributed by atoms with Crippen LogP contribution in [0.5, 0.6) is 0 Å². The van der Waals surface area contributed by atoms with Crippen LogP contribution in [-0.4, -0.2) is 43.1 Å². The van der Waals surface area contributed by atoms with E-state index in [-0.39, 0.29) is 0 Å². The number of carboxylic acids is 1. The van der Waals surface area contributed by atoms with Crippen LogP contribution in [0.2, 0.25) is 0 Å². The lowest BCUT2D eigenvalue weighted by Crippen LogP contribution is -2.16. The molecule has 0 saturated carbocycles. The Bertz CT molecular complexity index is 170. The summed E-state index contributed by atoms with van der Waals surface area (Å²) in [4.78, 5) is 14.2. The minimum atomic E-state index is -0.798. The fourth-order valence-electron chi connectivity index (χ4n) is 0.620. The molecule has 5 heteroatoms. The zero-order valence-corrected chi connectivity index (χ0v) is 7.81. The molecule has 0 saturated heterocycles. The molecule has 0 spiro atoms. The molecule has 0 aromatic carbocycles. The van der Waals surface area contributed by atoms with Gasteiger partial charge in [-0.05, 0) is 3.91 Å². The van der Waals surface area contributed by atoms with Gasteiger partial charge in [-0.3, -0.25) is 4.99 Å². The fourth-order valence-corrected chi connectivity index (χ4v) is 2.25. The van der Waals surface area contributed by atoms with Gasteiger partial charge in [-0.2, -0.15) is 0 Å². The van der Waals surface area contributed by atoms with Crippen molar-refractivity contribution >= 4 is 37.9 Å². The minimum Gasteiger partial charge on any atom is -0.480 e. The highest BCUT2D eigenvalue weighted by molar-refractivity contribution is 8.16. The molecule has 9 heavy (non-hydrogen) atoms. The molecule has 3 nitrogen and oxygen atoms in total. The average Bonchev–Trinajstić information content (AvgIpc) is 2.14. The SMILES string of the molecule is O=C(O)C1CS[C]([AlH2])=N1. The lowest BCUT2D eigenvalue weighted by molar-refractivity contribution is -0.137. The Balaban J connectivity index is 2.57. The molecule has 0 bridgehead atoms. The highest BCUT2D eigenvalue weighted by Gasteiger charge is 2.20. The Morgan fingerprint density at radius 3 is 2.89 bits per heavy atom. The quantitative estimate of drug-likeness (QED) is 0.508. The first kappa shape index (κ1) is 7.13. The van der Waals surface area contributed by atoms with Crippen LogP contribution >= 0.6 is 11.8 Å². The summed E-state index contributed by atoms with van der Waals surface area (Å²) < 4.78 is 1.02. The average molecular weight is 159 g/mol. The van der Waals surface area contributed by atoms with Crippen molar-refractivity contribution in [2.24, 2.45) is 4.99 Å². The topological polar surface area (TPSA) is 49.7 Å². The van der Waals surface area contributed by atoms with E-state index >= 15 is 0 Å². The lowest BCUT2D eigenvalue weighted by Gasteiger charge is -1.94. The number of aliphatic imine (C=N–C) groups is 1. The molecule has 0 aromatic heterocycles. The van der Waals surface area contributed by atoms with Crippen molar-refractivity contribution in [3.8, 4) is 0 Å². The normalized spacial score (nSPS) is 25.8. The van der Waals surface area contributed by atoms with Crippen molar-refractivity contribution < 1.29 is 9.90 Å². The summed E-state index contributed by atoms with van der Waals surface area (Å²) in [6.07, 6.45) is 0. The lowest BCUT2D eigenvalue weighted by atomic mass is 10.4. The maximum absolute atomic E-state index is 10.2. The van der Waals surface area contributed by atoms with Gasteiger partial charge in [0.15, 0.2) is 6.04 Å². The molecule has 1 N–H and O–H groups in total. The van der Waals surface area contributed by atoms with Crippen LogP contribution in [0.15, 0.2) is 4.99 Å². The van der Waals surface area contributed by atoms with Crippen LogP contribution in [0.1, 0.15) is 0 Å². The van der Waals surface area contributed by atoms with Crippen molar-refractivity contribution in [2.75, 3.05) is 5.75 Å². The summed E-state index contributed by atoms with van der Waals surface area (Å²) >= 11 is 2.45. The first-order chi connectivity index (χ1) is 4.20. The van der Waals surface area contributed by atoms with Crippen molar-refractivity contribution in [3.63, 3.8) is 0 Å². The van der Waals surface area contributed by atoms with Gasteiger partial charge in [-0.1, -0.05) is 0 Å². The first-order valence-corrected chi connectivity index (χ1v) is 4.58. The molecule has 0 aliphatic carbocycles. The van der Waals surface area contributed by atoms with Gasteiger partial charge in [0.05, 0.1) is 0 Å². The zero-order valence-electron chi connectivity index (χ0n) is 5.00. The summed E-state index contributed by atoms with van der Waals surface area (Å²) in [5.41, 5.74) is 0. The van der Waals surface area contributed by atoms with E-state index in [1.807, 2.05) is 0 Å². The maximum Gasteiger partial charge on any atom is 0.329 e. The van der Waals surface area contributed by atoms with Crippen LogP contribution in [-0.2, 0) is 4.79 Å². The smallest absolute Gasteiger partial charge is 0.329 e. The van der Waals surface area contributed by atoms with E-state index in [1.54, 1.807) is 11.8 Å². The Morgan fingerprint density at radius 2 is 2.67 bits per heavy atom. The molecule has 48 valence electrons. The highest BCUT2D eigenvalue weighted by atomic mass is 32.2. The molecule has 0 aromatic rings. The number of thioether (sulfide) groups is 1. The van der Waals surface area contributed by atoms with E-state index in [9.17, 15) is 4.79 Å². The van der Waals surface area contributed by atoms with Crippen LogP contribution in [0.25, 0.3) is 0 Å².